The average Bonchev–Trinajstić information content (AvgIpc) is 3.27. The zero-order valence-electron chi connectivity index (χ0n) is 18.1. The van der Waals surface area contributed by atoms with Crippen molar-refractivity contribution in [3.63, 3.8) is 0 Å². The molecular formula is C21H32IN5O3S. The molecule has 3 rings (SSSR count). The van der Waals surface area contributed by atoms with Crippen molar-refractivity contribution in [2.75, 3.05) is 39.1 Å². The highest BCUT2D eigenvalue weighted by Crippen LogP contribution is 2.29. The molecule has 172 valence electrons. The molecule has 0 spiro atoms. The van der Waals surface area contributed by atoms with E-state index in [9.17, 15) is 8.42 Å². The lowest BCUT2D eigenvalue weighted by Crippen LogP contribution is -2.47. The van der Waals surface area contributed by atoms with Crippen LogP contribution in [0.3, 0.4) is 0 Å². The maximum Gasteiger partial charge on any atom is 0.191 e. The van der Waals surface area contributed by atoms with Crippen LogP contribution in [0.5, 0.6) is 0 Å². The fourth-order valence-electron chi connectivity index (χ4n) is 3.52. The first-order valence-electron chi connectivity index (χ1n) is 10.3. The number of sulfone groups is 1. The van der Waals surface area contributed by atoms with E-state index in [2.05, 4.69) is 32.9 Å². The van der Waals surface area contributed by atoms with Gasteiger partial charge in [-0.05, 0) is 49.9 Å². The van der Waals surface area contributed by atoms with Crippen LogP contribution in [0.15, 0.2) is 47.7 Å². The van der Waals surface area contributed by atoms with Crippen molar-refractivity contribution in [1.82, 2.24) is 20.4 Å². The Kier molecular flexibility index (Phi) is 9.76. The number of rotatable bonds is 8. The van der Waals surface area contributed by atoms with E-state index in [1.807, 2.05) is 36.0 Å². The Morgan fingerprint density at radius 3 is 2.52 bits per heavy atom. The minimum Gasteiger partial charge on any atom is -0.381 e. The molecule has 0 bridgehead atoms. The number of ether oxygens (including phenoxy) is 1. The van der Waals surface area contributed by atoms with Gasteiger partial charge >= 0.3 is 0 Å². The predicted molar refractivity (Wildman–Crippen MR) is 134 cm³/mol. The maximum absolute atomic E-state index is 12.4. The highest BCUT2D eigenvalue weighted by Gasteiger charge is 2.42. The molecule has 2 aromatic rings. The molecule has 8 nitrogen and oxygen atoms in total. The van der Waals surface area contributed by atoms with Crippen LogP contribution in [0.2, 0.25) is 0 Å². The molecule has 1 aliphatic rings. The largest absolute Gasteiger partial charge is 0.381 e. The number of guanidine groups is 1. The molecule has 2 N–H and O–H groups in total. The van der Waals surface area contributed by atoms with Gasteiger partial charge in [0, 0.05) is 45.0 Å². The number of nitrogens with zero attached hydrogens (tertiary/aromatic N) is 3. The first kappa shape index (κ1) is 25.6. The first-order valence-corrected chi connectivity index (χ1v) is 12.2. The van der Waals surface area contributed by atoms with E-state index in [1.54, 1.807) is 6.20 Å². The summed E-state index contributed by atoms with van der Waals surface area (Å²) in [6, 6.07) is 10.2. The number of aromatic nitrogens is 2. The summed E-state index contributed by atoms with van der Waals surface area (Å²) >= 11 is 0. The van der Waals surface area contributed by atoms with E-state index < -0.39 is 14.6 Å². The molecule has 0 amide bonds. The Morgan fingerprint density at radius 1 is 1.23 bits per heavy atom. The van der Waals surface area contributed by atoms with E-state index in [-0.39, 0.29) is 30.5 Å². The van der Waals surface area contributed by atoms with Gasteiger partial charge in [-0.25, -0.2) is 13.1 Å². The van der Waals surface area contributed by atoms with Crippen LogP contribution in [-0.2, 0) is 21.0 Å². The third-order valence-electron chi connectivity index (χ3n) is 5.47. The second-order valence-corrected chi connectivity index (χ2v) is 9.97. The lowest BCUT2D eigenvalue weighted by Gasteiger charge is -2.34. The van der Waals surface area contributed by atoms with Gasteiger partial charge in [0.25, 0.3) is 0 Å². The van der Waals surface area contributed by atoms with Crippen molar-refractivity contribution in [3.8, 4) is 5.69 Å². The Morgan fingerprint density at radius 2 is 1.94 bits per heavy atom. The van der Waals surface area contributed by atoms with Crippen LogP contribution in [0.4, 0.5) is 0 Å². The minimum atomic E-state index is -3.23. The summed E-state index contributed by atoms with van der Waals surface area (Å²) in [4.78, 5) is 4.60. The van der Waals surface area contributed by atoms with E-state index in [4.69, 9.17) is 4.74 Å². The van der Waals surface area contributed by atoms with Gasteiger partial charge in [0.1, 0.15) is 0 Å². The average molecular weight is 561 g/mol. The second-order valence-electron chi connectivity index (χ2n) is 7.56. The van der Waals surface area contributed by atoms with Crippen LogP contribution in [0.1, 0.15) is 25.3 Å². The Bertz CT molecular complexity index is 924. The number of aliphatic imine (C=N–C) groups is 1. The minimum absolute atomic E-state index is 0. The maximum atomic E-state index is 12.4. The van der Waals surface area contributed by atoms with Crippen molar-refractivity contribution in [1.29, 1.82) is 0 Å². The predicted octanol–water partition coefficient (Wildman–Crippen LogP) is 2.18. The molecule has 0 unspecified atom stereocenters. The van der Waals surface area contributed by atoms with Gasteiger partial charge in [-0.1, -0.05) is 12.1 Å². The molecule has 1 fully saturated rings. The van der Waals surface area contributed by atoms with Gasteiger partial charge in [-0.3, -0.25) is 4.99 Å². The zero-order chi connectivity index (χ0) is 21.5. The van der Waals surface area contributed by atoms with Gasteiger partial charge < -0.3 is 15.4 Å². The van der Waals surface area contributed by atoms with Crippen molar-refractivity contribution in [2.45, 2.75) is 30.9 Å². The van der Waals surface area contributed by atoms with E-state index in [1.165, 1.54) is 11.8 Å². The van der Waals surface area contributed by atoms with E-state index in [0.717, 1.165) is 12.1 Å². The fraction of sp³-hybridized carbons (Fsp3) is 0.524. The number of benzene rings is 1. The standard InChI is InChI=1S/C21H31N5O3S.HI/c1-3-22-20(24-17-21(30(2,27)28)10-15-29-16-11-21)23-13-9-18-5-7-19(8-6-18)26-14-4-12-25-26;/h4-8,12,14H,3,9-11,13,15-17H2,1-2H3,(H2,22,23,24);1H. The molecule has 0 radical (unpaired) electrons. The molecule has 1 aliphatic heterocycles. The van der Waals surface area contributed by atoms with Gasteiger partial charge in [-0.2, -0.15) is 5.10 Å². The SMILES string of the molecule is CCNC(=NCC1(S(C)(=O)=O)CCOCC1)NCCc1ccc(-n2cccn2)cc1.I. The molecule has 0 atom stereocenters. The Balaban J connectivity index is 0.00000341. The number of hydrogen-bond acceptors (Lipinski definition) is 5. The normalized spacial score (nSPS) is 16.4. The molecule has 1 saturated heterocycles. The number of nitrogens with one attached hydrogen (secondary N) is 2. The monoisotopic (exact) mass is 561 g/mol. The first-order chi connectivity index (χ1) is 14.4. The van der Waals surface area contributed by atoms with E-state index in [0.29, 0.717) is 45.1 Å². The van der Waals surface area contributed by atoms with Crippen molar-refractivity contribution in [2.24, 2.45) is 4.99 Å². The summed E-state index contributed by atoms with van der Waals surface area (Å²) in [5.74, 6) is 0.639. The summed E-state index contributed by atoms with van der Waals surface area (Å²) in [5, 5.41) is 10.8. The van der Waals surface area contributed by atoms with Crippen LogP contribution < -0.4 is 10.6 Å². The summed E-state index contributed by atoms with van der Waals surface area (Å²) in [7, 11) is -3.23. The van der Waals surface area contributed by atoms with Gasteiger partial charge in [0.15, 0.2) is 15.8 Å². The summed E-state index contributed by atoms with van der Waals surface area (Å²) in [5.41, 5.74) is 2.22. The quantitative estimate of drug-likeness (QED) is 0.292. The molecule has 10 heteroatoms. The highest BCUT2D eigenvalue weighted by atomic mass is 127. The van der Waals surface area contributed by atoms with Gasteiger partial charge in [0.05, 0.1) is 17.0 Å². The molecular weight excluding hydrogens is 529 g/mol. The van der Waals surface area contributed by atoms with E-state index >= 15 is 0 Å². The molecule has 1 aromatic carbocycles. The van der Waals surface area contributed by atoms with Gasteiger partial charge in [-0.15, -0.1) is 24.0 Å². The highest BCUT2D eigenvalue weighted by molar-refractivity contribution is 14.0. The molecule has 1 aromatic heterocycles. The molecule has 31 heavy (non-hydrogen) atoms. The van der Waals surface area contributed by atoms with Crippen LogP contribution in [-0.4, -0.2) is 68.0 Å². The van der Waals surface area contributed by atoms with Crippen LogP contribution in [0.25, 0.3) is 5.69 Å². The summed E-state index contributed by atoms with van der Waals surface area (Å²) < 4.78 is 31.2. The fourth-order valence-corrected chi connectivity index (χ4v) is 4.72. The smallest absolute Gasteiger partial charge is 0.191 e. The van der Waals surface area contributed by atoms with Crippen molar-refractivity contribution < 1.29 is 13.2 Å². The summed E-state index contributed by atoms with van der Waals surface area (Å²) in [6.45, 7) is 4.55. The zero-order valence-corrected chi connectivity index (χ0v) is 21.2. The Hall–Kier alpha value is -1.66. The molecule has 0 aliphatic carbocycles. The second kappa shape index (κ2) is 11.8. The third-order valence-corrected chi connectivity index (χ3v) is 7.58. The lowest BCUT2D eigenvalue weighted by molar-refractivity contribution is 0.0768. The topological polar surface area (TPSA) is 97.6 Å². The summed E-state index contributed by atoms with van der Waals surface area (Å²) in [6.07, 6.45) is 6.77. The van der Waals surface area contributed by atoms with Crippen molar-refractivity contribution >= 4 is 39.8 Å². The lowest BCUT2D eigenvalue weighted by atomic mass is 9.99. The van der Waals surface area contributed by atoms with Crippen LogP contribution in [0, 0.1) is 0 Å². The molecule has 2 heterocycles. The van der Waals surface area contributed by atoms with Crippen LogP contribution >= 0.6 is 24.0 Å². The van der Waals surface area contributed by atoms with Crippen molar-refractivity contribution in [3.05, 3.63) is 48.3 Å². The van der Waals surface area contributed by atoms with Gasteiger partial charge in [0.2, 0.25) is 0 Å². The molecule has 0 saturated carbocycles. The Labute approximate surface area is 201 Å². The number of halogens is 1. The third kappa shape index (κ3) is 6.91. The number of hydrogen-bond donors (Lipinski definition) is 2.